The van der Waals surface area contributed by atoms with Gasteiger partial charge in [0.25, 0.3) is 0 Å². The first-order valence-corrected chi connectivity index (χ1v) is 11.4. The number of nitrogens with one attached hydrogen (secondary N) is 1. The lowest BCUT2D eigenvalue weighted by Gasteiger charge is -2.29. The van der Waals surface area contributed by atoms with E-state index in [2.05, 4.69) is 5.32 Å². The number of methoxy groups -OCH3 is 2. The zero-order chi connectivity index (χ0) is 25.1. The number of ether oxygens (including phenoxy) is 3. The number of carbonyl (C=O) groups excluding carboxylic acids is 2. The molecular weight excluding hydrogens is 439 g/mol. The van der Waals surface area contributed by atoms with Crippen molar-refractivity contribution >= 4 is 11.8 Å². The predicted octanol–water partition coefficient (Wildman–Crippen LogP) is 3.73. The van der Waals surface area contributed by atoms with Crippen molar-refractivity contribution in [1.29, 1.82) is 0 Å². The van der Waals surface area contributed by atoms with E-state index in [9.17, 15) is 14.0 Å². The molecule has 8 heteroatoms. The molecule has 1 N–H and O–H groups in total. The van der Waals surface area contributed by atoms with Crippen LogP contribution >= 0.6 is 0 Å². The molecule has 0 heterocycles. The van der Waals surface area contributed by atoms with E-state index in [1.165, 1.54) is 24.1 Å². The number of hydrogen-bond donors (Lipinski definition) is 1. The van der Waals surface area contributed by atoms with Crippen LogP contribution in [-0.4, -0.2) is 56.2 Å². The lowest BCUT2D eigenvalue weighted by Crippen LogP contribution is -2.48. The minimum atomic E-state index is -0.719. The first-order chi connectivity index (χ1) is 16.2. The monoisotopic (exact) mass is 474 g/mol. The molecule has 1 unspecified atom stereocenters. The SMILES string of the molecule is COc1ccc(CC(=O)N(Cc2ccc(F)cc2)C(C)C(=O)NCCCOC(C)C)cc1OC. The Kier molecular flexibility index (Phi) is 10.8. The summed E-state index contributed by atoms with van der Waals surface area (Å²) < 4.78 is 29.4. The highest BCUT2D eigenvalue weighted by molar-refractivity contribution is 5.88. The van der Waals surface area contributed by atoms with Gasteiger partial charge in [-0.1, -0.05) is 18.2 Å². The molecule has 1 atom stereocenters. The molecule has 2 aromatic rings. The summed E-state index contributed by atoms with van der Waals surface area (Å²) in [5.74, 6) is 0.236. The minimum absolute atomic E-state index is 0.0708. The van der Waals surface area contributed by atoms with Crippen molar-refractivity contribution < 1.29 is 28.2 Å². The average Bonchev–Trinajstić information content (AvgIpc) is 2.82. The molecule has 0 aliphatic carbocycles. The number of halogens is 1. The van der Waals surface area contributed by atoms with Crippen molar-refractivity contribution in [3.05, 3.63) is 59.4 Å². The summed E-state index contributed by atoms with van der Waals surface area (Å²) in [5.41, 5.74) is 1.46. The first-order valence-electron chi connectivity index (χ1n) is 11.4. The van der Waals surface area contributed by atoms with Crippen molar-refractivity contribution in [3.8, 4) is 11.5 Å². The van der Waals surface area contributed by atoms with Crippen LogP contribution in [0.15, 0.2) is 42.5 Å². The third-order valence-electron chi connectivity index (χ3n) is 5.31. The molecule has 34 heavy (non-hydrogen) atoms. The highest BCUT2D eigenvalue weighted by Crippen LogP contribution is 2.28. The van der Waals surface area contributed by atoms with Crippen LogP contribution in [0.1, 0.15) is 38.3 Å². The van der Waals surface area contributed by atoms with Gasteiger partial charge >= 0.3 is 0 Å². The second kappa shape index (κ2) is 13.5. The Bertz CT molecular complexity index is 933. The third kappa shape index (κ3) is 8.33. The summed E-state index contributed by atoms with van der Waals surface area (Å²) in [5, 5.41) is 2.87. The molecule has 0 spiro atoms. The van der Waals surface area contributed by atoms with Crippen LogP contribution in [0, 0.1) is 5.82 Å². The van der Waals surface area contributed by atoms with Crippen LogP contribution in [0.3, 0.4) is 0 Å². The van der Waals surface area contributed by atoms with Crippen LogP contribution in [0.5, 0.6) is 11.5 Å². The highest BCUT2D eigenvalue weighted by Gasteiger charge is 2.26. The van der Waals surface area contributed by atoms with E-state index in [1.54, 1.807) is 44.4 Å². The Morgan fingerprint density at radius 2 is 1.62 bits per heavy atom. The maximum Gasteiger partial charge on any atom is 0.242 e. The summed E-state index contributed by atoms with van der Waals surface area (Å²) >= 11 is 0. The topological polar surface area (TPSA) is 77.1 Å². The largest absolute Gasteiger partial charge is 0.493 e. The minimum Gasteiger partial charge on any atom is -0.493 e. The maximum absolute atomic E-state index is 13.4. The van der Waals surface area contributed by atoms with Crippen LogP contribution in [0.2, 0.25) is 0 Å². The second-order valence-electron chi connectivity index (χ2n) is 8.25. The first kappa shape index (κ1) is 27.1. The second-order valence-corrected chi connectivity index (χ2v) is 8.25. The van der Waals surface area contributed by atoms with E-state index < -0.39 is 6.04 Å². The average molecular weight is 475 g/mol. The predicted molar refractivity (Wildman–Crippen MR) is 128 cm³/mol. The molecule has 0 saturated carbocycles. The normalized spacial score (nSPS) is 11.7. The van der Waals surface area contributed by atoms with Gasteiger partial charge in [-0.05, 0) is 62.6 Å². The third-order valence-corrected chi connectivity index (χ3v) is 5.31. The molecule has 2 aromatic carbocycles. The van der Waals surface area contributed by atoms with Gasteiger partial charge in [-0.3, -0.25) is 9.59 Å². The van der Waals surface area contributed by atoms with Crippen LogP contribution in [0.25, 0.3) is 0 Å². The Balaban J connectivity index is 2.13. The van der Waals surface area contributed by atoms with E-state index in [0.717, 1.165) is 11.1 Å². The fraction of sp³-hybridized carbons (Fsp3) is 0.462. The Hall–Kier alpha value is -3.13. The maximum atomic E-state index is 13.4. The molecule has 2 rings (SSSR count). The van der Waals surface area contributed by atoms with Gasteiger partial charge in [0.05, 0.1) is 26.7 Å². The fourth-order valence-electron chi connectivity index (χ4n) is 3.39. The summed E-state index contributed by atoms with van der Waals surface area (Å²) in [6, 6.07) is 10.4. The molecule has 7 nitrogen and oxygen atoms in total. The molecule has 0 aliphatic rings. The number of carbonyl (C=O) groups is 2. The van der Waals surface area contributed by atoms with Gasteiger partial charge < -0.3 is 24.4 Å². The van der Waals surface area contributed by atoms with Crippen molar-refractivity contribution in [1.82, 2.24) is 10.2 Å². The van der Waals surface area contributed by atoms with Crippen molar-refractivity contribution in [2.75, 3.05) is 27.4 Å². The van der Waals surface area contributed by atoms with E-state index in [-0.39, 0.29) is 36.7 Å². The van der Waals surface area contributed by atoms with Gasteiger partial charge in [-0.25, -0.2) is 4.39 Å². The Labute approximate surface area is 201 Å². The molecule has 2 amide bonds. The fourth-order valence-corrected chi connectivity index (χ4v) is 3.39. The van der Waals surface area contributed by atoms with E-state index in [0.29, 0.717) is 31.1 Å². The summed E-state index contributed by atoms with van der Waals surface area (Å²) in [4.78, 5) is 27.6. The van der Waals surface area contributed by atoms with E-state index in [1.807, 2.05) is 13.8 Å². The van der Waals surface area contributed by atoms with Crippen molar-refractivity contribution in [2.45, 2.75) is 52.3 Å². The smallest absolute Gasteiger partial charge is 0.242 e. The zero-order valence-corrected chi connectivity index (χ0v) is 20.6. The van der Waals surface area contributed by atoms with E-state index in [4.69, 9.17) is 14.2 Å². The molecule has 0 aromatic heterocycles. The molecule has 0 aliphatic heterocycles. The lowest BCUT2D eigenvalue weighted by molar-refractivity contribution is -0.140. The molecule has 0 bridgehead atoms. The van der Waals surface area contributed by atoms with Crippen LogP contribution in [-0.2, 0) is 27.3 Å². The van der Waals surface area contributed by atoms with Crippen molar-refractivity contribution in [3.63, 3.8) is 0 Å². The molecule has 186 valence electrons. The van der Waals surface area contributed by atoms with Crippen molar-refractivity contribution in [2.24, 2.45) is 0 Å². The molecule has 0 radical (unpaired) electrons. The Morgan fingerprint density at radius 3 is 2.24 bits per heavy atom. The van der Waals surface area contributed by atoms with Gasteiger partial charge in [0, 0.05) is 19.7 Å². The lowest BCUT2D eigenvalue weighted by atomic mass is 10.1. The van der Waals surface area contributed by atoms with Gasteiger partial charge in [0.1, 0.15) is 11.9 Å². The van der Waals surface area contributed by atoms with Crippen LogP contribution in [0.4, 0.5) is 4.39 Å². The van der Waals surface area contributed by atoms with Crippen LogP contribution < -0.4 is 14.8 Å². The summed E-state index contributed by atoms with van der Waals surface area (Å²) in [6.07, 6.45) is 0.880. The van der Waals surface area contributed by atoms with Gasteiger partial charge in [-0.2, -0.15) is 0 Å². The number of hydrogen-bond acceptors (Lipinski definition) is 5. The number of rotatable bonds is 13. The van der Waals surface area contributed by atoms with Gasteiger partial charge in [0.15, 0.2) is 11.5 Å². The summed E-state index contributed by atoms with van der Waals surface area (Å²) in [7, 11) is 3.07. The quantitative estimate of drug-likeness (QED) is 0.448. The van der Waals surface area contributed by atoms with Gasteiger partial charge in [0.2, 0.25) is 11.8 Å². The molecule has 0 fully saturated rings. The number of nitrogens with zero attached hydrogens (tertiary/aromatic N) is 1. The summed E-state index contributed by atoms with van der Waals surface area (Å²) in [6.45, 7) is 6.78. The number of benzene rings is 2. The zero-order valence-electron chi connectivity index (χ0n) is 20.6. The van der Waals surface area contributed by atoms with Gasteiger partial charge in [-0.15, -0.1) is 0 Å². The van der Waals surface area contributed by atoms with E-state index >= 15 is 0 Å². The number of amides is 2. The molecule has 0 saturated heterocycles. The standard InChI is InChI=1S/C26H35FN2O5/c1-18(2)34-14-6-13-28-26(31)19(3)29(17-20-7-10-22(27)11-8-20)25(30)16-21-9-12-23(32-4)24(15-21)33-5/h7-12,15,18-19H,6,13-14,16-17H2,1-5H3,(H,28,31). The molecular formula is C26H35FN2O5. The highest BCUT2D eigenvalue weighted by atomic mass is 19.1. The Morgan fingerprint density at radius 1 is 0.971 bits per heavy atom.